The number of allylic oxidation sites excluding steroid dienone is 1. The van der Waals surface area contributed by atoms with Crippen molar-refractivity contribution in [2.45, 2.75) is 31.4 Å². The molecule has 1 unspecified atom stereocenters. The second-order valence-corrected chi connectivity index (χ2v) is 11.6. The van der Waals surface area contributed by atoms with E-state index in [4.69, 9.17) is 16.6 Å². The third kappa shape index (κ3) is 6.50. The average molecular weight is 619 g/mol. The Morgan fingerprint density at radius 2 is 1.75 bits per heavy atom. The van der Waals surface area contributed by atoms with E-state index in [9.17, 15) is 14.7 Å². The highest BCUT2D eigenvalue weighted by Crippen LogP contribution is 2.36. The van der Waals surface area contributed by atoms with Crippen molar-refractivity contribution in [2.24, 2.45) is 0 Å². The van der Waals surface area contributed by atoms with Gasteiger partial charge in [-0.1, -0.05) is 36.4 Å². The number of nitrogens with zero attached hydrogens (tertiary/aromatic N) is 6. The first-order valence-corrected chi connectivity index (χ1v) is 15.1. The molecule has 1 aromatic heterocycles. The van der Waals surface area contributed by atoms with Crippen molar-refractivity contribution in [3.05, 3.63) is 83.2 Å². The van der Waals surface area contributed by atoms with E-state index in [1.165, 1.54) is 0 Å². The molecule has 3 heterocycles. The number of nitrogens with one attached hydrogen (secondary N) is 2. The van der Waals surface area contributed by atoms with Crippen LogP contribution in [0, 0.1) is 0 Å². The number of hydrogen-bond donors (Lipinski definition) is 3. The van der Waals surface area contributed by atoms with Gasteiger partial charge in [0.05, 0.1) is 11.3 Å². The lowest BCUT2D eigenvalue weighted by molar-refractivity contribution is -0.126. The fraction of sp³-hybridized carbons (Fsp3) is 0.375. The van der Waals surface area contributed by atoms with Crippen LogP contribution in [0.5, 0.6) is 0 Å². The van der Waals surface area contributed by atoms with Crippen LogP contribution in [0.25, 0.3) is 11.9 Å². The quantitative estimate of drug-likeness (QED) is 0.350. The summed E-state index contributed by atoms with van der Waals surface area (Å²) in [5.41, 5.74) is 2.05. The summed E-state index contributed by atoms with van der Waals surface area (Å²) >= 11 is 6.05. The van der Waals surface area contributed by atoms with Gasteiger partial charge in [0.15, 0.2) is 5.82 Å². The maximum Gasteiger partial charge on any atom is 0.254 e. The van der Waals surface area contributed by atoms with E-state index in [-0.39, 0.29) is 11.8 Å². The van der Waals surface area contributed by atoms with Crippen molar-refractivity contribution in [3.63, 3.8) is 0 Å². The fourth-order valence-corrected chi connectivity index (χ4v) is 5.97. The fourth-order valence-electron chi connectivity index (χ4n) is 5.84. The number of carbonyl (C=O) groups excluding carboxylic acids is 2. The lowest BCUT2D eigenvalue weighted by Gasteiger charge is -2.40. The van der Waals surface area contributed by atoms with Crippen LogP contribution in [0.15, 0.2) is 61.2 Å². The molecule has 2 fully saturated rings. The number of carbonyl (C=O) groups is 2. The molecule has 0 radical (unpaired) electrons. The number of amides is 2. The van der Waals surface area contributed by atoms with Gasteiger partial charge in [0.1, 0.15) is 6.04 Å². The lowest BCUT2D eigenvalue weighted by Crippen LogP contribution is -2.59. The van der Waals surface area contributed by atoms with E-state index in [2.05, 4.69) is 27.2 Å². The topological polar surface area (TPSA) is 119 Å². The normalized spacial score (nSPS) is 19.0. The first-order valence-electron chi connectivity index (χ1n) is 14.7. The van der Waals surface area contributed by atoms with Crippen LogP contribution in [0.1, 0.15) is 41.5 Å². The zero-order valence-corrected chi connectivity index (χ0v) is 26.1. The molecule has 2 amide bonds. The van der Waals surface area contributed by atoms with E-state index < -0.39 is 11.6 Å². The number of rotatable bonds is 8. The Kier molecular flexibility index (Phi) is 9.38. The molecule has 1 atom stereocenters. The minimum atomic E-state index is -0.917. The highest BCUT2D eigenvalue weighted by molar-refractivity contribution is 6.30. The Bertz CT molecular complexity index is 1530. The molecule has 3 aromatic rings. The number of piperidine rings is 1. The van der Waals surface area contributed by atoms with Gasteiger partial charge in [0, 0.05) is 62.2 Å². The van der Waals surface area contributed by atoms with Gasteiger partial charge in [-0.2, -0.15) is 4.98 Å². The second-order valence-electron chi connectivity index (χ2n) is 11.2. The van der Waals surface area contributed by atoms with E-state index in [1.54, 1.807) is 59.2 Å². The number of hydrogen-bond acceptors (Lipinski definition) is 8. The van der Waals surface area contributed by atoms with Gasteiger partial charge in [-0.3, -0.25) is 9.59 Å². The monoisotopic (exact) mass is 618 g/mol. The SMILES string of the molecule is C=Cn1nc(Nc2ccc(C(=O)N3CCN(C)CC3C(=O)NC)cc2)nc1C(=CC)N1CCC(O)(c2ccc(Cl)cc2)CC1. The molecule has 2 aliphatic heterocycles. The molecular weight excluding hydrogens is 580 g/mol. The van der Waals surface area contributed by atoms with Crippen molar-refractivity contribution in [3.8, 4) is 0 Å². The summed E-state index contributed by atoms with van der Waals surface area (Å²) < 4.78 is 1.63. The number of anilines is 2. The van der Waals surface area contributed by atoms with Gasteiger partial charge in [-0.05, 0) is 68.8 Å². The Hall–Kier alpha value is -4.19. The zero-order chi connectivity index (χ0) is 31.4. The molecule has 0 aliphatic carbocycles. The molecule has 0 bridgehead atoms. The van der Waals surface area contributed by atoms with E-state index in [0.717, 1.165) is 11.3 Å². The van der Waals surface area contributed by atoms with Gasteiger partial charge >= 0.3 is 0 Å². The van der Waals surface area contributed by atoms with E-state index in [0.29, 0.717) is 73.6 Å². The van der Waals surface area contributed by atoms with Crippen molar-refractivity contribution in [2.75, 3.05) is 52.1 Å². The number of piperazine rings is 1. The molecule has 44 heavy (non-hydrogen) atoms. The predicted molar refractivity (Wildman–Crippen MR) is 172 cm³/mol. The molecule has 11 nitrogen and oxygen atoms in total. The minimum Gasteiger partial charge on any atom is -0.385 e. The molecule has 3 N–H and O–H groups in total. The summed E-state index contributed by atoms with van der Waals surface area (Å²) in [7, 11) is 3.53. The van der Waals surface area contributed by atoms with Crippen molar-refractivity contribution in [1.82, 2.24) is 34.8 Å². The molecule has 2 aliphatic rings. The minimum absolute atomic E-state index is 0.176. The van der Waals surface area contributed by atoms with Crippen LogP contribution in [-0.4, -0.2) is 99.2 Å². The van der Waals surface area contributed by atoms with Crippen molar-refractivity contribution < 1.29 is 14.7 Å². The standard InChI is InChI=1S/C32H39ClN8O3/c1-5-26(39-17-15-32(44,16-18-39)23-9-11-24(33)12-10-23)28-36-31(37-41(28)6-2)35-25-13-7-22(8-14-25)30(43)40-20-19-38(4)21-27(40)29(42)34-3/h5-14,27,44H,2,15-21H2,1,3-4H3,(H,34,42)(H,35,37). The molecule has 12 heteroatoms. The van der Waals surface area contributed by atoms with Crippen LogP contribution in [0.3, 0.4) is 0 Å². The van der Waals surface area contributed by atoms with Gasteiger partial charge < -0.3 is 30.4 Å². The maximum atomic E-state index is 13.3. The lowest BCUT2D eigenvalue weighted by atomic mass is 9.84. The van der Waals surface area contributed by atoms with Gasteiger partial charge in [0.2, 0.25) is 11.9 Å². The number of aromatic nitrogens is 3. The van der Waals surface area contributed by atoms with E-state index >= 15 is 0 Å². The van der Waals surface area contributed by atoms with Crippen LogP contribution in [0.4, 0.5) is 11.6 Å². The average Bonchev–Trinajstić information content (AvgIpc) is 3.44. The molecule has 2 saturated heterocycles. The number of likely N-dealkylation sites (N-methyl/N-ethyl adjacent to an activating group) is 2. The Labute approximate surface area is 262 Å². The Balaban J connectivity index is 1.27. The third-order valence-electron chi connectivity index (χ3n) is 8.40. The Morgan fingerprint density at radius 1 is 1.07 bits per heavy atom. The highest BCUT2D eigenvalue weighted by Gasteiger charge is 2.36. The van der Waals surface area contributed by atoms with Crippen LogP contribution >= 0.6 is 11.6 Å². The van der Waals surface area contributed by atoms with Crippen LogP contribution < -0.4 is 10.6 Å². The van der Waals surface area contributed by atoms with Gasteiger partial charge in [-0.15, -0.1) is 5.10 Å². The number of halogens is 1. The molecular formula is C32H39ClN8O3. The summed E-state index contributed by atoms with van der Waals surface area (Å²) in [5, 5.41) is 22.4. The smallest absolute Gasteiger partial charge is 0.254 e. The Morgan fingerprint density at radius 3 is 2.36 bits per heavy atom. The summed E-state index contributed by atoms with van der Waals surface area (Å²) in [6.45, 7) is 8.80. The van der Waals surface area contributed by atoms with Crippen molar-refractivity contribution in [1.29, 1.82) is 0 Å². The molecule has 5 rings (SSSR count). The van der Waals surface area contributed by atoms with Crippen LogP contribution in [-0.2, 0) is 10.4 Å². The summed E-state index contributed by atoms with van der Waals surface area (Å²) in [6.07, 6.45) is 4.71. The van der Waals surface area contributed by atoms with Gasteiger partial charge in [-0.25, -0.2) is 4.68 Å². The zero-order valence-electron chi connectivity index (χ0n) is 25.3. The van der Waals surface area contributed by atoms with Crippen LogP contribution in [0.2, 0.25) is 5.02 Å². The molecule has 0 saturated carbocycles. The molecule has 232 valence electrons. The van der Waals surface area contributed by atoms with Crippen molar-refractivity contribution >= 4 is 46.9 Å². The predicted octanol–water partition coefficient (Wildman–Crippen LogP) is 3.62. The van der Waals surface area contributed by atoms with Gasteiger partial charge in [0.25, 0.3) is 5.91 Å². The van der Waals surface area contributed by atoms with E-state index in [1.807, 2.05) is 37.1 Å². The maximum absolute atomic E-state index is 13.3. The largest absolute Gasteiger partial charge is 0.385 e. The first kappa shape index (κ1) is 31.2. The summed E-state index contributed by atoms with van der Waals surface area (Å²) in [6, 6.07) is 13.9. The summed E-state index contributed by atoms with van der Waals surface area (Å²) in [5.74, 6) is 0.651. The highest BCUT2D eigenvalue weighted by atomic mass is 35.5. The first-order chi connectivity index (χ1) is 21.1. The molecule has 2 aromatic carbocycles. The second kappa shape index (κ2) is 13.2. The summed E-state index contributed by atoms with van der Waals surface area (Å²) in [4.78, 5) is 36.4. The third-order valence-corrected chi connectivity index (χ3v) is 8.65. The number of benzene rings is 2. The number of likely N-dealkylation sites (tertiary alicyclic amines) is 1. The number of aliphatic hydroxyl groups is 1. The molecule has 0 spiro atoms.